The minimum absolute atomic E-state index is 0.844. The lowest BCUT2D eigenvalue weighted by atomic mass is 10.0. The van der Waals surface area contributed by atoms with Crippen LogP contribution in [0.4, 0.5) is 0 Å². The summed E-state index contributed by atoms with van der Waals surface area (Å²) in [6.07, 6.45) is 28.5. The maximum atomic E-state index is 2.77. The van der Waals surface area contributed by atoms with Gasteiger partial charge in [0, 0.05) is 25.5 Å². The summed E-state index contributed by atoms with van der Waals surface area (Å²) < 4.78 is 2.33. The maximum Gasteiger partial charge on any atom is 0.0231 e. The highest BCUT2D eigenvalue weighted by Crippen LogP contribution is 2.16. The van der Waals surface area contributed by atoms with Crippen molar-refractivity contribution in [2.75, 3.05) is 19.6 Å². The van der Waals surface area contributed by atoms with Gasteiger partial charge in [-0.15, -0.1) is 0 Å². The summed E-state index contributed by atoms with van der Waals surface area (Å²) in [7, 11) is 0. The van der Waals surface area contributed by atoms with Crippen LogP contribution in [0.1, 0.15) is 130 Å². The van der Waals surface area contributed by atoms with E-state index in [9.17, 15) is 0 Å². The zero-order chi connectivity index (χ0) is 22.4. The van der Waals surface area contributed by atoms with Gasteiger partial charge in [-0.2, -0.15) is 0 Å². The summed E-state index contributed by atoms with van der Waals surface area (Å²) in [4.78, 5) is 2.77. The van der Waals surface area contributed by atoms with Crippen LogP contribution >= 0.6 is 0 Å². The van der Waals surface area contributed by atoms with E-state index in [0.717, 1.165) is 12.5 Å². The van der Waals surface area contributed by atoms with Crippen LogP contribution in [0.5, 0.6) is 0 Å². The van der Waals surface area contributed by atoms with Crippen molar-refractivity contribution in [1.29, 1.82) is 0 Å². The number of unbranched alkanes of at least 4 members (excludes halogenated alkanes) is 13. The van der Waals surface area contributed by atoms with Gasteiger partial charge in [0.25, 0.3) is 0 Å². The summed E-state index contributed by atoms with van der Waals surface area (Å²) in [5.41, 5.74) is 0. The number of aromatic nitrogens is 1. The first-order chi connectivity index (χ1) is 15.3. The Hall–Kier alpha value is -0.760. The molecule has 0 aliphatic carbocycles. The fourth-order valence-electron chi connectivity index (χ4n) is 4.74. The molecular weight excluding hydrogens is 376 g/mol. The topological polar surface area (TPSA) is 8.17 Å². The average Bonchev–Trinajstić information content (AvgIpc) is 3.28. The summed E-state index contributed by atoms with van der Waals surface area (Å²) in [5.74, 6) is 0.844. The highest BCUT2D eigenvalue weighted by atomic mass is 15.1. The van der Waals surface area contributed by atoms with Crippen LogP contribution in [0.3, 0.4) is 0 Å². The highest BCUT2D eigenvalue weighted by molar-refractivity contribution is 4.90. The molecule has 0 spiro atoms. The van der Waals surface area contributed by atoms with E-state index in [-0.39, 0.29) is 0 Å². The standard InChI is InChI=1S/C29H56N2/c1-4-6-8-10-11-12-13-14-15-17-22-29(3)28-31(25-18-16-9-7-5-2)27-21-26-30-23-19-20-24-30/h19-20,23-24,29H,4-18,21-22,25-28H2,1-3H3. The third kappa shape index (κ3) is 17.5. The van der Waals surface area contributed by atoms with E-state index in [1.54, 1.807) is 0 Å². The zero-order valence-corrected chi connectivity index (χ0v) is 21.6. The number of aryl methyl sites for hydroxylation is 1. The van der Waals surface area contributed by atoms with Crippen molar-refractivity contribution < 1.29 is 0 Å². The first kappa shape index (κ1) is 28.3. The van der Waals surface area contributed by atoms with Crippen LogP contribution in [0.2, 0.25) is 0 Å². The molecule has 0 amide bonds. The Morgan fingerprint density at radius 1 is 0.613 bits per heavy atom. The van der Waals surface area contributed by atoms with Gasteiger partial charge in [-0.25, -0.2) is 0 Å². The molecule has 1 unspecified atom stereocenters. The van der Waals surface area contributed by atoms with E-state index in [1.807, 2.05) is 0 Å². The molecule has 2 heteroatoms. The number of rotatable bonds is 23. The van der Waals surface area contributed by atoms with Crippen molar-refractivity contribution in [2.45, 2.75) is 136 Å². The van der Waals surface area contributed by atoms with Gasteiger partial charge in [0.05, 0.1) is 0 Å². The molecule has 2 nitrogen and oxygen atoms in total. The molecule has 0 bridgehead atoms. The first-order valence-electron chi connectivity index (χ1n) is 14.1. The first-order valence-corrected chi connectivity index (χ1v) is 14.1. The van der Waals surface area contributed by atoms with E-state index in [0.29, 0.717) is 0 Å². The molecule has 1 atom stereocenters. The van der Waals surface area contributed by atoms with Crippen LogP contribution in [0, 0.1) is 5.92 Å². The molecule has 1 heterocycles. The summed E-state index contributed by atoms with van der Waals surface area (Å²) in [6.45, 7) is 12.1. The largest absolute Gasteiger partial charge is 0.354 e. The Morgan fingerprint density at radius 3 is 1.68 bits per heavy atom. The van der Waals surface area contributed by atoms with Gasteiger partial charge in [-0.1, -0.05) is 111 Å². The molecular formula is C29H56N2. The van der Waals surface area contributed by atoms with Crippen LogP contribution < -0.4 is 0 Å². The molecule has 0 aromatic carbocycles. The van der Waals surface area contributed by atoms with Gasteiger partial charge in [0.2, 0.25) is 0 Å². The van der Waals surface area contributed by atoms with E-state index in [2.05, 4.69) is 54.8 Å². The Bertz CT molecular complexity index is 453. The van der Waals surface area contributed by atoms with Crippen molar-refractivity contribution in [1.82, 2.24) is 9.47 Å². The van der Waals surface area contributed by atoms with Crippen molar-refractivity contribution in [3.8, 4) is 0 Å². The Morgan fingerprint density at radius 2 is 1.10 bits per heavy atom. The minimum atomic E-state index is 0.844. The smallest absolute Gasteiger partial charge is 0.0231 e. The minimum Gasteiger partial charge on any atom is -0.354 e. The van der Waals surface area contributed by atoms with Crippen LogP contribution in [-0.2, 0) is 6.54 Å². The molecule has 0 saturated heterocycles. The molecule has 182 valence electrons. The van der Waals surface area contributed by atoms with Gasteiger partial charge in [-0.05, 0) is 50.4 Å². The molecule has 0 saturated carbocycles. The van der Waals surface area contributed by atoms with Crippen LogP contribution in [0.25, 0.3) is 0 Å². The molecule has 0 N–H and O–H groups in total. The molecule has 0 fully saturated rings. The summed E-state index contributed by atoms with van der Waals surface area (Å²) >= 11 is 0. The maximum absolute atomic E-state index is 2.77. The molecule has 1 aromatic rings. The van der Waals surface area contributed by atoms with E-state index < -0.39 is 0 Å². The second-order valence-electron chi connectivity index (χ2n) is 10.1. The quantitative estimate of drug-likeness (QED) is 0.156. The summed E-state index contributed by atoms with van der Waals surface area (Å²) in [5, 5.41) is 0. The number of hydrogen-bond donors (Lipinski definition) is 0. The number of nitrogens with zero attached hydrogens (tertiary/aromatic N) is 2. The van der Waals surface area contributed by atoms with Gasteiger partial charge < -0.3 is 9.47 Å². The van der Waals surface area contributed by atoms with Crippen LogP contribution in [0.15, 0.2) is 24.5 Å². The van der Waals surface area contributed by atoms with Crippen molar-refractivity contribution >= 4 is 0 Å². The number of hydrogen-bond acceptors (Lipinski definition) is 1. The zero-order valence-electron chi connectivity index (χ0n) is 21.6. The highest BCUT2D eigenvalue weighted by Gasteiger charge is 2.10. The molecule has 1 rings (SSSR count). The van der Waals surface area contributed by atoms with Crippen molar-refractivity contribution in [3.05, 3.63) is 24.5 Å². The third-order valence-corrected chi connectivity index (χ3v) is 6.76. The SMILES string of the molecule is CCCCCCCCCCCCC(C)CN(CCCCCCC)CCCn1cccc1. The average molecular weight is 433 g/mol. The van der Waals surface area contributed by atoms with E-state index in [1.165, 1.54) is 129 Å². The Kier molecular flexibility index (Phi) is 19.2. The van der Waals surface area contributed by atoms with Gasteiger partial charge in [0.15, 0.2) is 0 Å². The predicted molar refractivity (Wildman–Crippen MR) is 140 cm³/mol. The van der Waals surface area contributed by atoms with Gasteiger partial charge >= 0.3 is 0 Å². The monoisotopic (exact) mass is 432 g/mol. The van der Waals surface area contributed by atoms with Crippen LogP contribution in [-0.4, -0.2) is 29.1 Å². The lowest BCUT2D eigenvalue weighted by molar-refractivity contribution is 0.219. The van der Waals surface area contributed by atoms with Crippen molar-refractivity contribution in [3.63, 3.8) is 0 Å². The Labute approximate surface area is 196 Å². The molecule has 0 radical (unpaired) electrons. The van der Waals surface area contributed by atoms with Gasteiger partial charge in [-0.3, -0.25) is 0 Å². The molecule has 0 aliphatic heterocycles. The second kappa shape index (κ2) is 21.1. The molecule has 0 aliphatic rings. The third-order valence-electron chi connectivity index (χ3n) is 6.76. The fourth-order valence-corrected chi connectivity index (χ4v) is 4.74. The second-order valence-corrected chi connectivity index (χ2v) is 10.1. The normalized spacial score (nSPS) is 12.6. The lowest BCUT2D eigenvalue weighted by Gasteiger charge is -2.26. The van der Waals surface area contributed by atoms with E-state index in [4.69, 9.17) is 0 Å². The van der Waals surface area contributed by atoms with Crippen molar-refractivity contribution in [2.24, 2.45) is 5.92 Å². The molecule has 31 heavy (non-hydrogen) atoms. The van der Waals surface area contributed by atoms with Gasteiger partial charge in [0.1, 0.15) is 0 Å². The Balaban J connectivity index is 2.13. The summed E-state index contributed by atoms with van der Waals surface area (Å²) in [6, 6.07) is 4.28. The van der Waals surface area contributed by atoms with E-state index >= 15 is 0 Å². The lowest BCUT2D eigenvalue weighted by Crippen LogP contribution is -2.31. The molecule has 1 aromatic heterocycles. The predicted octanol–water partition coefficient (Wildman–Crippen LogP) is 9.10. The fraction of sp³-hybridized carbons (Fsp3) is 0.862.